The minimum atomic E-state index is -1.22. The van der Waals surface area contributed by atoms with Crippen molar-refractivity contribution in [3.63, 3.8) is 0 Å². The van der Waals surface area contributed by atoms with Crippen molar-refractivity contribution < 1.29 is 4.79 Å². The lowest BCUT2D eigenvalue weighted by atomic mass is 9.99. The molecule has 0 saturated carbocycles. The topological polar surface area (TPSA) is 29.4 Å². The number of isocyanates is 1. The van der Waals surface area contributed by atoms with Crippen LogP contribution in [0.15, 0.2) is 64.1 Å². The summed E-state index contributed by atoms with van der Waals surface area (Å²) < 4.78 is 0.938. The Balaban J connectivity index is 2.58. The number of hydrogen-bond donors (Lipinski definition) is 0. The molecule has 2 nitrogen and oxygen atoms in total. The molecule has 90 valence electrons. The number of halogens is 2. The molecule has 0 bridgehead atoms. The van der Waals surface area contributed by atoms with Gasteiger partial charge in [-0.3, -0.25) is 0 Å². The highest BCUT2D eigenvalue weighted by Crippen LogP contribution is 2.38. The van der Waals surface area contributed by atoms with Crippen molar-refractivity contribution in [1.29, 1.82) is 0 Å². The lowest BCUT2D eigenvalue weighted by Gasteiger charge is -2.21. The van der Waals surface area contributed by atoms with Crippen molar-refractivity contribution in [3.05, 3.63) is 70.2 Å². The molecular formula is C14H9BrClNO. The molecule has 0 amide bonds. The Morgan fingerprint density at radius 2 is 1.56 bits per heavy atom. The fraction of sp³-hybridized carbons (Fsp3) is 0.0714. The fourth-order valence-corrected chi connectivity index (χ4v) is 2.24. The number of alkyl halides is 1. The van der Waals surface area contributed by atoms with Gasteiger partial charge in [0.1, 0.15) is 0 Å². The highest BCUT2D eigenvalue weighted by atomic mass is 79.9. The standard InChI is InChI=1S/C14H9BrClNO/c15-13-8-6-12(7-9-13)14(16,17-10-18)11-4-2-1-3-5-11/h1-9H. The third-order valence-corrected chi connectivity index (χ3v) is 3.63. The highest BCUT2D eigenvalue weighted by molar-refractivity contribution is 9.10. The van der Waals surface area contributed by atoms with E-state index in [9.17, 15) is 4.79 Å². The van der Waals surface area contributed by atoms with Gasteiger partial charge in [0.05, 0.1) is 0 Å². The third-order valence-electron chi connectivity index (χ3n) is 2.58. The molecule has 0 aliphatic carbocycles. The molecule has 2 aromatic rings. The van der Waals surface area contributed by atoms with Gasteiger partial charge in [0.15, 0.2) is 5.00 Å². The zero-order valence-electron chi connectivity index (χ0n) is 9.31. The monoisotopic (exact) mass is 321 g/mol. The summed E-state index contributed by atoms with van der Waals surface area (Å²) in [4.78, 5) is 13.2. The number of rotatable bonds is 3. The molecule has 0 heterocycles. The Hall–Kier alpha value is -1.41. The Kier molecular flexibility index (Phi) is 3.97. The van der Waals surface area contributed by atoms with Crippen molar-refractivity contribution in [3.8, 4) is 0 Å². The van der Waals surface area contributed by atoms with Gasteiger partial charge in [-0.05, 0) is 17.7 Å². The molecule has 2 aromatic carbocycles. The average Bonchev–Trinajstić information content (AvgIpc) is 2.40. The first-order valence-corrected chi connectivity index (χ1v) is 6.43. The Morgan fingerprint density at radius 3 is 2.11 bits per heavy atom. The van der Waals surface area contributed by atoms with E-state index in [1.54, 1.807) is 6.08 Å². The number of carbonyl (C=O) groups excluding carboxylic acids is 1. The maximum Gasteiger partial charge on any atom is 0.237 e. The van der Waals surface area contributed by atoms with E-state index in [-0.39, 0.29) is 0 Å². The molecule has 0 N–H and O–H groups in total. The molecule has 0 aliphatic heterocycles. The lowest BCUT2D eigenvalue weighted by molar-refractivity contribution is 0.558. The van der Waals surface area contributed by atoms with E-state index in [0.717, 1.165) is 15.6 Å². The van der Waals surface area contributed by atoms with E-state index in [2.05, 4.69) is 20.9 Å². The first-order chi connectivity index (χ1) is 8.66. The molecule has 0 aromatic heterocycles. The van der Waals surface area contributed by atoms with E-state index < -0.39 is 5.00 Å². The van der Waals surface area contributed by atoms with Gasteiger partial charge in [0.2, 0.25) is 6.08 Å². The van der Waals surface area contributed by atoms with Crippen LogP contribution in [0.25, 0.3) is 0 Å². The van der Waals surface area contributed by atoms with Crippen LogP contribution >= 0.6 is 27.5 Å². The molecule has 0 spiro atoms. The van der Waals surface area contributed by atoms with E-state index in [4.69, 9.17) is 11.6 Å². The lowest BCUT2D eigenvalue weighted by Crippen LogP contribution is -2.17. The second kappa shape index (κ2) is 5.49. The van der Waals surface area contributed by atoms with Crippen LogP contribution in [0, 0.1) is 0 Å². The smallest absolute Gasteiger partial charge is 0.211 e. The Bertz CT molecular complexity index is 579. The second-order valence-corrected chi connectivity index (χ2v) is 5.16. The molecule has 4 heteroatoms. The van der Waals surface area contributed by atoms with Gasteiger partial charge < -0.3 is 0 Å². The molecule has 0 saturated heterocycles. The fourth-order valence-electron chi connectivity index (χ4n) is 1.69. The van der Waals surface area contributed by atoms with Crippen molar-refractivity contribution in [2.75, 3.05) is 0 Å². The Morgan fingerprint density at radius 1 is 1.00 bits per heavy atom. The summed E-state index contributed by atoms with van der Waals surface area (Å²) in [6.45, 7) is 0. The minimum Gasteiger partial charge on any atom is -0.211 e. The van der Waals surface area contributed by atoms with Gasteiger partial charge in [0.25, 0.3) is 0 Å². The highest BCUT2D eigenvalue weighted by Gasteiger charge is 2.31. The van der Waals surface area contributed by atoms with Crippen LogP contribution in [0.4, 0.5) is 0 Å². The van der Waals surface area contributed by atoms with E-state index in [1.807, 2.05) is 54.6 Å². The maximum absolute atomic E-state index is 10.6. The molecular weight excluding hydrogens is 314 g/mol. The van der Waals surface area contributed by atoms with Crippen molar-refractivity contribution in [2.24, 2.45) is 4.99 Å². The Labute approximate surface area is 118 Å². The van der Waals surface area contributed by atoms with Crippen LogP contribution in [0.2, 0.25) is 0 Å². The summed E-state index contributed by atoms with van der Waals surface area (Å²) in [6, 6.07) is 16.6. The van der Waals surface area contributed by atoms with Crippen LogP contribution < -0.4 is 0 Å². The third kappa shape index (κ3) is 2.54. The predicted octanol–water partition coefficient (Wildman–Crippen LogP) is 4.22. The molecule has 0 fully saturated rings. The SMILES string of the molecule is O=C=NC(Cl)(c1ccccc1)c1ccc(Br)cc1. The zero-order chi connectivity index (χ0) is 13.0. The van der Waals surface area contributed by atoms with Gasteiger partial charge >= 0.3 is 0 Å². The maximum atomic E-state index is 10.6. The van der Waals surface area contributed by atoms with Gasteiger partial charge in [-0.1, -0.05) is 70.0 Å². The average molecular weight is 323 g/mol. The minimum absolute atomic E-state index is 0.724. The van der Waals surface area contributed by atoms with Crippen LogP contribution in [0.1, 0.15) is 11.1 Å². The predicted molar refractivity (Wildman–Crippen MR) is 75.3 cm³/mol. The molecule has 1 atom stereocenters. The summed E-state index contributed by atoms with van der Waals surface area (Å²) in [5.41, 5.74) is 1.46. The zero-order valence-corrected chi connectivity index (χ0v) is 11.6. The van der Waals surface area contributed by atoms with Crippen molar-refractivity contribution in [1.82, 2.24) is 0 Å². The molecule has 0 aliphatic rings. The van der Waals surface area contributed by atoms with Gasteiger partial charge in [0, 0.05) is 10.0 Å². The summed E-state index contributed by atoms with van der Waals surface area (Å²) in [5.74, 6) is 0. The molecule has 0 radical (unpaired) electrons. The summed E-state index contributed by atoms with van der Waals surface area (Å²) in [5, 5.41) is 0. The van der Waals surface area contributed by atoms with E-state index >= 15 is 0 Å². The number of nitrogens with zero attached hydrogens (tertiary/aromatic N) is 1. The molecule has 1 unspecified atom stereocenters. The van der Waals surface area contributed by atoms with Crippen LogP contribution in [-0.4, -0.2) is 6.08 Å². The number of aliphatic imine (C=N–C) groups is 1. The van der Waals surface area contributed by atoms with Crippen LogP contribution in [0.5, 0.6) is 0 Å². The second-order valence-electron chi connectivity index (χ2n) is 3.70. The molecule has 2 rings (SSSR count). The quantitative estimate of drug-likeness (QED) is 0.360. The summed E-state index contributed by atoms with van der Waals surface area (Å²) in [7, 11) is 0. The largest absolute Gasteiger partial charge is 0.237 e. The van der Waals surface area contributed by atoms with Crippen LogP contribution in [0.3, 0.4) is 0 Å². The number of benzene rings is 2. The van der Waals surface area contributed by atoms with Crippen molar-refractivity contribution in [2.45, 2.75) is 5.00 Å². The van der Waals surface area contributed by atoms with Gasteiger partial charge in [-0.2, -0.15) is 4.99 Å². The summed E-state index contributed by atoms with van der Waals surface area (Å²) in [6.07, 6.45) is 1.55. The van der Waals surface area contributed by atoms with E-state index in [1.165, 1.54) is 0 Å². The first kappa shape index (κ1) is 13.0. The van der Waals surface area contributed by atoms with Gasteiger partial charge in [-0.25, -0.2) is 4.79 Å². The number of hydrogen-bond acceptors (Lipinski definition) is 2. The van der Waals surface area contributed by atoms with Crippen molar-refractivity contribution >= 4 is 33.6 Å². The van der Waals surface area contributed by atoms with Crippen LogP contribution in [-0.2, 0) is 9.79 Å². The molecule has 18 heavy (non-hydrogen) atoms. The van der Waals surface area contributed by atoms with E-state index in [0.29, 0.717) is 0 Å². The first-order valence-electron chi connectivity index (χ1n) is 5.26. The normalized spacial score (nSPS) is 13.4. The summed E-state index contributed by atoms with van der Waals surface area (Å²) >= 11 is 9.85. The van der Waals surface area contributed by atoms with Gasteiger partial charge in [-0.15, -0.1) is 0 Å².